The third-order valence-electron chi connectivity index (χ3n) is 7.54. The number of allylic oxidation sites excluding steroid dienone is 1. The van der Waals surface area contributed by atoms with Gasteiger partial charge in [0.15, 0.2) is 0 Å². The smallest absolute Gasteiger partial charge is 0.0480 e. The lowest BCUT2D eigenvalue weighted by Crippen LogP contribution is -2.48. The van der Waals surface area contributed by atoms with Crippen LogP contribution in [0.15, 0.2) is 12.3 Å². The van der Waals surface area contributed by atoms with Crippen molar-refractivity contribution in [3.05, 3.63) is 12.3 Å². The molecule has 0 aromatic heterocycles. The molecule has 1 saturated carbocycles. The second-order valence-electron chi connectivity index (χ2n) is 9.11. The Morgan fingerprint density at radius 2 is 1.64 bits per heavy atom. The number of likely N-dealkylation sites (tertiary alicyclic amines) is 1. The van der Waals surface area contributed by atoms with E-state index < -0.39 is 0 Å². The quantitative estimate of drug-likeness (QED) is 0.778. The van der Waals surface area contributed by atoms with Crippen LogP contribution in [0.3, 0.4) is 0 Å². The van der Waals surface area contributed by atoms with Gasteiger partial charge in [-0.15, -0.1) is 0 Å². The van der Waals surface area contributed by atoms with Crippen molar-refractivity contribution >= 4 is 0 Å². The summed E-state index contributed by atoms with van der Waals surface area (Å²) >= 11 is 0. The SMILES string of the molecule is C=C(C1CC12CCN(C1CCOCC1)CC2)N1CCN(C(C)C)CC1. The summed E-state index contributed by atoms with van der Waals surface area (Å²) < 4.78 is 5.53. The first kappa shape index (κ1) is 17.8. The highest BCUT2D eigenvalue weighted by molar-refractivity contribution is 5.20. The number of rotatable bonds is 4. The number of ether oxygens (including phenoxy) is 1. The summed E-state index contributed by atoms with van der Waals surface area (Å²) in [5.74, 6) is 0.773. The Hall–Kier alpha value is -0.580. The molecule has 4 nitrogen and oxygen atoms in total. The summed E-state index contributed by atoms with van der Waals surface area (Å²) in [5, 5.41) is 0. The van der Waals surface area contributed by atoms with Gasteiger partial charge in [-0.3, -0.25) is 4.90 Å². The van der Waals surface area contributed by atoms with E-state index in [1.807, 2.05) is 0 Å². The molecule has 3 aliphatic heterocycles. The van der Waals surface area contributed by atoms with E-state index in [1.54, 1.807) is 0 Å². The average molecular weight is 348 g/mol. The van der Waals surface area contributed by atoms with Gasteiger partial charge in [0.1, 0.15) is 0 Å². The number of piperazine rings is 1. The Labute approximate surface area is 154 Å². The first-order valence-electron chi connectivity index (χ1n) is 10.6. The summed E-state index contributed by atoms with van der Waals surface area (Å²) in [5.41, 5.74) is 2.07. The minimum absolute atomic E-state index is 0.605. The largest absolute Gasteiger partial charge is 0.381 e. The molecule has 4 rings (SSSR count). The molecule has 3 heterocycles. The Balaban J connectivity index is 1.25. The summed E-state index contributed by atoms with van der Waals surface area (Å²) in [6, 6.07) is 1.47. The highest BCUT2D eigenvalue weighted by Crippen LogP contribution is 2.62. The van der Waals surface area contributed by atoms with Crippen LogP contribution in [0.4, 0.5) is 0 Å². The molecular formula is C21H37N3O. The average Bonchev–Trinajstić information content (AvgIpc) is 3.36. The molecule has 1 aliphatic carbocycles. The normalized spacial score (nSPS) is 31.6. The molecule has 0 bridgehead atoms. The zero-order valence-corrected chi connectivity index (χ0v) is 16.4. The zero-order valence-electron chi connectivity index (χ0n) is 16.4. The van der Waals surface area contributed by atoms with E-state index in [4.69, 9.17) is 4.74 Å². The van der Waals surface area contributed by atoms with Gasteiger partial charge in [0.25, 0.3) is 0 Å². The molecule has 0 aromatic rings. The minimum Gasteiger partial charge on any atom is -0.381 e. The molecular weight excluding hydrogens is 310 g/mol. The summed E-state index contributed by atoms with van der Waals surface area (Å²) in [6.07, 6.45) is 6.66. The fraction of sp³-hybridized carbons (Fsp3) is 0.905. The lowest BCUT2D eigenvalue weighted by molar-refractivity contribution is 0.0174. The van der Waals surface area contributed by atoms with Gasteiger partial charge >= 0.3 is 0 Å². The maximum absolute atomic E-state index is 5.53. The molecule has 4 heteroatoms. The van der Waals surface area contributed by atoms with Crippen molar-refractivity contribution in [1.29, 1.82) is 0 Å². The molecule has 3 saturated heterocycles. The Bertz CT molecular complexity index is 470. The topological polar surface area (TPSA) is 19.0 Å². The molecule has 0 aromatic carbocycles. The van der Waals surface area contributed by atoms with Crippen molar-refractivity contribution in [2.75, 3.05) is 52.5 Å². The Kier molecular flexibility index (Phi) is 5.13. The Morgan fingerprint density at radius 1 is 1.00 bits per heavy atom. The monoisotopic (exact) mass is 347 g/mol. The number of hydrogen-bond donors (Lipinski definition) is 0. The van der Waals surface area contributed by atoms with E-state index in [1.165, 1.54) is 77.1 Å². The van der Waals surface area contributed by atoms with Crippen LogP contribution in [-0.2, 0) is 4.74 Å². The van der Waals surface area contributed by atoms with Crippen molar-refractivity contribution in [1.82, 2.24) is 14.7 Å². The van der Waals surface area contributed by atoms with E-state index in [2.05, 4.69) is 35.1 Å². The fourth-order valence-corrected chi connectivity index (χ4v) is 5.50. The van der Waals surface area contributed by atoms with Crippen molar-refractivity contribution in [3.8, 4) is 0 Å². The zero-order chi connectivity index (χ0) is 17.4. The molecule has 4 aliphatic rings. The van der Waals surface area contributed by atoms with Crippen molar-refractivity contribution < 1.29 is 4.74 Å². The van der Waals surface area contributed by atoms with Crippen LogP contribution in [0, 0.1) is 11.3 Å². The van der Waals surface area contributed by atoms with Gasteiger partial charge < -0.3 is 14.5 Å². The van der Waals surface area contributed by atoms with Crippen molar-refractivity contribution in [2.24, 2.45) is 11.3 Å². The summed E-state index contributed by atoms with van der Waals surface area (Å²) in [4.78, 5) is 7.95. The molecule has 1 atom stereocenters. The summed E-state index contributed by atoms with van der Waals surface area (Å²) in [7, 11) is 0. The lowest BCUT2D eigenvalue weighted by Gasteiger charge is -2.41. The van der Waals surface area contributed by atoms with Crippen LogP contribution in [0.25, 0.3) is 0 Å². The fourth-order valence-electron chi connectivity index (χ4n) is 5.50. The lowest BCUT2D eigenvalue weighted by atomic mass is 9.88. The number of nitrogens with zero attached hydrogens (tertiary/aromatic N) is 3. The van der Waals surface area contributed by atoms with E-state index in [9.17, 15) is 0 Å². The Morgan fingerprint density at radius 3 is 2.24 bits per heavy atom. The van der Waals surface area contributed by atoms with Crippen molar-refractivity contribution in [3.63, 3.8) is 0 Å². The van der Waals surface area contributed by atoms with Crippen LogP contribution in [0.1, 0.15) is 46.0 Å². The van der Waals surface area contributed by atoms with E-state index in [-0.39, 0.29) is 0 Å². The molecule has 1 spiro atoms. The van der Waals surface area contributed by atoms with Gasteiger partial charge in [-0.05, 0) is 64.5 Å². The molecule has 142 valence electrons. The molecule has 0 amide bonds. The van der Waals surface area contributed by atoms with Crippen LogP contribution < -0.4 is 0 Å². The predicted octanol–water partition coefficient (Wildman–Crippen LogP) is 2.81. The van der Waals surface area contributed by atoms with Crippen LogP contribution in [0.5, 0.6) is 0 Å². The highest BCUT2D eigenvalue weighted by Gasteiger charge is 2.57. The maximum atomic E-state index is 5.53. The standard InChI is InChI=1S/C21H37N3O/c1-17(2)22-10-12-23(13-11-22)18(3)20-16-21(20)6-8-24(9-7-21)19-4-14-25-15-5-19/h17,19-20H,3-16H2,1-2H3. The van der Waals surface area contributed by atoms with Crippen LogP contribution in [0.2, 0.25) is 0 Å². The number of hydrogen-bond acceptors (Lipinski definition) is 4. The molecule has 0 N–H and O–H groups in total. The van der Waals surface area contributed by atoms with Gasteiger partial charge in [-0.25, -0.2) is 0 Å². The van der Waals surface area contributed by atoms with Gasteiger partial charge in [0.05, 0.1) is 0 Å². The summed E-state index contributed by atoms with van der Waals surface area (Å²) in [6.45, 7) is 18.5. The maximum Gasteiger partial charge on any atom is 0.0480 e. The molecule has 1 unspecified atom stereocenters. The molecule has 0 radical (unpaired) electrons. The van der Waals surface area contributed by atoms with Crippen LogP contribution in [-0.4, -0.2) is 79.3 Å². The first-order valence-corrected chi connectivity index (χ1v) is 10.6. The minimum atomic E-state index is 0.605. The van der Waals surface area contributed by atoms with Gasteiger partial charge in [-0.2, -0.15) is 0 Å². The van der Waals surface area contributed by atoms with E-state index >= 15 is 0 Å². The van der Waals surface area contributed by atoms with Gasteiger partial charge in [-0.1, -0.05) is 6.58 Å². The number of piperidine rings is 1. The van der Waals surface area contributed by atoms with E-state index in [0.29, 0.717) is 11.5 Å². The predicted molar refractivity (Wildman–Crippen MR) is 103 cm³/mol. The van der Waals surface area contributed by atoms with Crippen LogP contribution >= 0.6 is 0 Å². The second-order valence-corrected chi connectivity index (χ2v) is 9.11. The second kappa shape index (κ2) is 7.21. The third kappa shape index (κ3) is 3.63. The third-order valence-corrected chi connectivity index (χ3v) is 7.54. The van der Waals surface area contributed by atoms with Gasteiger partial charge in [0.2, 0.25) is 0 Å². The van der Waals surface area contributed by atoms with Crippen molar-refractivity contribution in [2.45, 2.75) is 58.0 Å². The highest BCUT2D eigenvalue weighted by atomic mass is 16.5. The van der Waals surface area contributed by atoms with E-state index in [0.717, 1.165) is 25.2 Å². The van der Waals surface area contributed by atoms with Gasteiger partial charge in [0, 0.05) is 63.1 Å². The molecule has 25 heavy (non-hydrogen) atoms. The first-order chi connectivity index (χ1) is 12.1. The molecule has 4 fully saturated rings.